The molecule has 0 radical (unpaired) electrons. The van der Waals surface area contributed by atoms with E-state index < -0.39 is 0 Å². The summed E-state index contributed by atoms with van der Waals surface area (Å²) in [5, 5.41) is 11.5. The van der Waals surface area contributed by atoms with Crippen LogP contribution < -0.4 is 5.32 Å². The van der Waals surface area contributed by atoms with Gasteiger partial charge in [0.1, 0.15) is 0 Å². The van der Waals surface area contributed by atoms with Crippen LogP contribution in [0.15, 0.2) is 24.5 Å². The minimum Gasteiger partial charge on any atom is -0.396 e. The molecular formula is C14H19N3O2. The molecule has 1 heterocycles. The van der Waals surface area contributed by atoms with E-state index in [0.29, 0.717) is 12.1 Å². The lowest BCUT2D eigenvalue weighted by Crippen LogP contribution is -2.24. The van der Waals surface area contributed by atoms with Crippen molar-refractivity contribution in [1.82, 2.24) is 15.3 Å². The van der Waals surface area contributed by atoms with Crippen LogP contribution in [0, 0.1) is 0 Å². The van der Waals surface area contributed by atoms with Gasteiger partial charge in [-0.15, -0.1) is 0 Å². The third-order valence-corrected chi connectivity index (χ3v) is 3.05. The SMILES string of the molecule is O=C(NCCCCCCO)c1ccc2nc[nH]c2c1. The van der Waals surface area contributed by atoms with Crippen LogP contribution in [0.2, 0.25) is 0 Å². The van der Waals surface area contributed by atoms with Gasteiger partial charge in [0.05, 0.1) is 17.4 Å². The van der Waals surface area contributed by atoms with Crippen molar-refractivity contribution in [3.8, 4) is 0 Å². The highest BCUT2D eigenvalue weighted by Crippen LogP contribution is 2.11. The summed E-state index contributed by atoms with van der Waals surface area (Å²) >= 11 is 0. The van der Waals surface area contributed by atoms with E-state index >= 15 is 0 Å². The van der Waals surface area contributed by atoms with Gasteiger partial charge >= 0.3 is 0 Å². The summed E-state index contributed by atoms with van der Waals surface area (Å²) in [6.45, 7) is 0.918. The van der Waals surface area contributed by atoms with Crippen LogP contribution in [0.3, 0.4) is 0 Å². The largest absolute Gasteiger partial charge is 0.396 e. The number of aliphatic hydroxyl groups is 1. The predicted molar refractivity (Wildman–Crippen MR) is 74.0 cm³/mol. The number of fused-ring (bicyclic) bond motifs is 1. The van der Waals surface area contributed by atoms with Crippen LogP contribution in [0.5, 0.6) is 0 Å². The number of nitrogens with one attached hydrogen (secondary N) is 2. The maximum Gasteiger partial charge on any atom is 0.251 e. The number of aromatic nitrogens is 2. The Labute approximate surface area is 112 Å². The number of amides is 1. The highest BCUT2D eigenvalue weighted by Gasteiger charge is 2.06. The number of aromatic amines is 1. The number of hydrogen-bond donors (Lipinski definition) is 3. The zero-order chi connectivity index (χ0) is 13.5. The molecule has 0 aliphatic rings. The Morgan fingerprint density at radius 3 is 2.95 bits per heavy atom. The zero-order valence-electron chi connectivity index (χ0n) is 10.9. The number of carbonyl (C=O) groups is 1. The molecule has 0 atom stereocenters. The first kappa shape index (κ1) is 13.5. The van der Waals surface area contributed by atoms with Gasteiger partial charge < -0.3 is 15.4 Å². The molecule has 5 nitrogen and oxygen atoms in total. The number of imidazole rings is 1. The van der Waals surface area contributed by atoms with Gasteiger partial charge in [0, 0.05) is 18.7 Å². The fourth-order valence-corrected chi connectivity index (χ4v) is 1.97. The van der Waals surface area contributed by atoms with Crippen LogP contribution in [-0.4, -0.2) is 34.1 Å². The van der Waals surface area contributed by atoms with Crippen LogP contribution in [0.25, 0.3) is 11.0 Å². The molecule has 1 aromatic carbocycles. The molecule has 0 aliphatic heterocycles. The van der Waals surface area contributed by atoms with Gasteiger partial charge in [0.2, 0.25) is 0 Å². The molecule has 102 valence electrons. The molecule has 1 amide bonds. The summed E-state index contributed by atoms with van der Waals surface area (Å²) < 4.78 is 0. The van der Waals surface area contributed by atoms with Crippen molar-refractivity contribution in [3.05, 3.63) is 30.1 Å². The van der Waals surface area contributed by atoms with Gasteiger partial charge in [-0.1, -0.05) is 12.8 Å². The third-order valence-electron chi connectivity index (χ3n) is 3.05. The van der Waals surface area contributed by atoms with Crippen LogP contribution in [-0.2, 0) is 0 Å². The molecule has 1 aromatic heterocycles. The number of aliphatic hydroxyl groups excluding tert-OH is 1. The van der Waals surface area contributed by atoms with Crippen LogP contribution in [0.1, 0.15) is 36.0 Å². The topological polar surface area (TPSA) is 78.0 Å². The quantitative estimate of drug-likeness (QED) is 0.665. The summed E-state index contributed by atoms with van der Waals surface area (Å²) in [5.41, 5.74) is 2.38. The number of nitrogens with zero attached hydrogens (tertiary/aromatic N) is 1. The van der Waals surface area contributed by atoms with Gasteiger partial charge in [0.25, 0.3) is 5.91 Å². The van der Waals surface area contributed by atoms with E-state index in [0.717, 1.165) is 36.7 Å². The molecule has 0 aliphatic carbocycles. The molecular weight excluding hydrogens is 242 g/mol. The smallest absolute Gasteiger partial charge is 0.251 e. The van der Waals surface area contributed by atoms with Crippen molar-refractivity contribution in [2.75, 3.05) is 13.2 Å². The molecule has 2 rings (SSSR count). The summed E-state index contributed by atoms with van der Waals surface area (Å²) in [5.74, 6) is -0.0568. The highest BCUT2D eigenvalue weighted by molar-refractivity contribution is 5.97. The van der Waals surface area contributed by atoms with E-state index in [1.165, 1.54) is 0 Å². The Bertz CT molecular complexity index is 536. The summed E-state index contributed by atoms with van der Waals surface area (Å²) in [6.07, 6.45) is 5.43. The van der Waals surface area contributed by atoms with Crippen molar-refractivity contribution in [2.45, 2.75) is 25.7 Å². The molecule has 0 saturated carbocycles. The Morgan fingerprint density at radius 2 is 2.11 bits per heavy atom. The van der Waals surface area contributed by atoms with E-state index in [2.05, 4.69) is 15.3 Å². The predicted octanol–water partition coefficient (Wildman–Crippen LogP) is 1.85. The Balaban J connectivity index is 1.79. The molecule has 3 N–H and O–H groups in total. The van der Waals surface area contributed by atoms with Crippen molar-refractivity contribution >= 4 is 16.9 Å². The van der Waals surface area contributed by atoms with Gasteiger partial charge in [-0.2, -0.15) is 0 Å². The summed E-state index contributed by atoms with van der Waals surface area (Å²) in [7, 11) is 0. The second-order valence-corrected chi connectivity index (χ2v) is 4.53. The lowest BCUT2D eigenvalue weighted by Gasteiger charge is -2.05. The van der Waals surface area contributed by atoms with Crippen LogP contribution >= 0.6 is 0 Å². The molecule has 0 saturated heterocycles. The molecule has 0 spiro atoms. The van der Waals surface area contributed by atoms with E-state index in [1.54, 1.807) is 12.4 Å². The van der Waals surface area contributed by atoms with Gasteiger partial charge in [0.15, 0.2) is 0 Å². The second-order valence-electron chi connectivity index (χ2n) is 4.53. The van der Waals surface area contributed by atoms with E-state index in [4.69, 9.17) is 5.11 Å². The number of carbonyl (C=O) groups excluding carboxylic acids is 1. The standard InChI is InChI=1S/C14H19N3O2/c18-8-4-2-1-3-7-15-14(19)11-5-6-12-13(9-11)17-10-16-12/h5-6,9-10,18H,1-4,7-8H2,(H,15,19)(H,16,17). The first-order valence-corrected chi connectivity index (χ1v) is 6.63. The zero-order valence-corrected chi connectivity index (χ0v) is 10.9. The molecule has 19 heavy (non-hydrogen) atoms. The Kier molecular flexibility index (Phi) is 4.92. The first-order valence-electron chi connectivity index (χ1n) is 6.63. The number of hydrogen-bond acceptors (Lipinski definition) is 3. The van der Waals surface area contributed by atoms with Crippen LogP contribution in [0.4, 0.5) is 0 Å². The minimum absolute atomic E-state index is 0.0568. The summed E-state index contributed by atoms with van der Waals surface area (Å²) in [4.78, 5) is 19.0. The third kappa shape index (κ3) is 3.79. The van der Waals surface area contributed by atoms with E-state index in [1.807, 2.05) is 12.1 Å². The number of H-pyrrole nitrogens is 1. The van der Waals surface area contributed by atoms with Crippen molar-refractivity contribution in [2.24, 2.45) is 0 Å². The van der Waals surface area contributed by atoms with Gasteiger partial charge in [-0.25, -0.2) is 4.98 Å². The summed E-state index contributed by atoms with van der Waals surface area (Å²) in [6, 6.07) is 5.43. The number of benzene rings is 1. The lowest BCUT2D eigenvalue weighted by molar-refractivity contribution is 0.0953. The van der Waals surface area contributed by atoms with Crippen molar-refractivity contribution in [1.29, 1.82) is 0 Å². The molecule has 2 aromatic rings. The van der Waals surface area contributed by atoms with E-state index in [-0.39, 0.29) is 12.5 Å². The van der Waals surface area contributed by atoms with Crippen molar-refractivity contribution < 1.29 is 9.90 Å². The monoisotopic (exact) mass is 261 g/mol. The number of rotatable bonds is 7. The molecule has 0 fully saturated rings. The molecule has 0 unspecified atom stereocenters. The highest BCUT2D eigenvalue weighted by atomic mass is 16.2. The molecule has 5 heteroatoms. The minimum atomic E-state index is -0.0568. The average molecular weight is 261 g/mol. The molecule has 0 bridgehead atoms. The first-order chi connectivity index (χ1) is 9.31. The average Bonchev–Trinajstić information content (AvgIpc) is 2.89. The second kappa shape index (κ2) is 6.89. The van der Waals surface area contributed by atoms with Crippen molar-refractivity contribution in [3.63, 3.8) is 0 Å². The fraction of sp³-hybridized carbons (Fsp3) is 0.429. The maximum atomic E-state index is 11.9. The number of unbranched alkanes of at least 4 members (excludes halogenated alkanes) is 3. The lowest BCUT2D eigenvalue weighted by atomic mass is 10.1. The Morgan fingerprint density at radius 1 is 1.26 bits per heavy atom. The van der Waals surface area contributed by atoms with E-state index in [9.17, 15) is 4.79 Å². The fourth-order valence-electron chi connectivity index (χ4n) is 1.97. The Hall–Kier alpha value is -1.88. The maximum absolute atomic E-state index is 11.9. The van der Waals surface area contributed by atoms with Gasteiger partial charge in [-0.05, 0) is 31.0 Å². The normalized spacial score (nSPS) is 10.8. The van der Waals surface area contributed by atoms with Gasteiger partial charge in [-0.3, -0.25) is 4.79 Å².